The number of halogens is 1. The van der Waals surface area contributed by atoms with E-state index >= 15 is 0 Å². The van der Waals surface area contributed by atoms with Gasteiger partial charge in [0.25, 0.3) is 0 Å². The van der Waals surface area contributed by atoms with Crippen LogP contribution in [0.4, 0.5) is 0 Å². The lowest BCUT2D eigenvalue weighted by Crippen LogP contribution is -2.43. The molecule has 0 amide bonds. The molecule has 1 atom stereocenters. The van der Waals surface area contributed by atoms with E-state index in [2.05, 4.69) is 0 Å². The maximum Gasteiger partial charge on any atom is 0.216 e. The van der Waals surface area contributed by atoms with Crippen molar-refractivity contribution in [3.8, 4) is 0 Å². The van der Waals surface area contributed by atoms with Crippen molar-refractivity contribution < 1.29 is 13.2 Å². The van der Waals surface area contributed by atoms with E-state index in [9.17, 15) is 8.42 Å². The lowest BCUT2D eigenvalue weighted by molar-refractivity contribution is 0.0905. The predicted octanol–water partition coefficient (Wildman–Crippen LogP) is 2.22. The van der Waals surface area contributed by atoms with Gasteiger partial charge < -0.3 is 4.74 Å². The van der Waals surface area contributed by atoms with Crippen molar-refractivity contribution in [1.29, 1.82) is 0 Å². The topological polar surface area (TPSA) is 46.6 Å². The summed E-state index contributed by atoms with van der Waals surface area (Å²) in [7, 11) is -3.24. The molecule has 0 saturated carbocycles. The van der Waals surface area contributed by atoms with E-state index in [1.807, 2.05) is 13.8 Å². The molecular weight excluding hydrogens is 274 g/mol. The fourth-order valence-corrected chi connectivity index (χ4v) is 4.16. The molecule has 0 bridgehead atoms. The van der Waals surface area contributed by atoms with Crippen LogP contribution in [0.1, 0.15) is 39.5 Å². The Morgan fingerprint density at radius 3 is 2.67 bits per heavy atom. The van der Waals surface area contributed by atoms with E-state index in [1.54, 1.807) is 4.31 Å². The van der Waals surface area contributed by atoms with Crippen LogP contribution in [-0.2, 0) is 14.8 Å². The first kappa shape index (κ1) is 16.2. The fourth-order valence-electron chi connectivity index (χ4n) is 2.18. The smallest absolute Gasteiger partial charge is 0.216 e. The Balaban J connectivity index is 2.62. The second-order valence-corrected chi connectivity index (χ2v) is 7.35. The van der Waals surface area contributed by atoms with Crippen LogP contribution in [0.2, 0.25) is 0 Å². The molecule has 18 heavy (non-hydrogen) atoms. The highest BCUT2D eigenvalue weighted by Crippen LogP contribution is 2.21. The molecule has 0 radical (unpaired) electrons. The van der Waals surface area contributed by atoms with E-state index in [0.29, 0.717) is 12.4 Å². The summed E-state index contributed by atoms with van der Waals surface area (Å²) in [4.78, 5) is 0. The molecule has 6 heteroatoms. The van der Waals surface area contributed by atoms with Crippen molar-refractivity contribution in [2.75, 3.05) is 24.8 Å². The highest BCUT2D eigenvalue weighted by atomic mass is 35.5. The van der Waals surface area contributed by atoms with Gasteiger partial charge in [0.05, 0.1) is 18.5 Å². The first-order valence-corrected chi connectivity index (χ1v) is 8.79. The van der Waals surface area contributed by atoms with Crippen LogP contribution in [0.5, 0.6) is 0 Å². The number of alkyl halides is 1. The lowest BCUT2D eigenvalue weighted by Gasteiger charge is -2.27. The van der Waals surface area contributed by atoms with Crippen LogP contribution in [0, 0.1) is 0 Å². The van der Waals surface area contributed by atoms with Gasteiger partial charge in [-0.3, -0.25) is 0 Å². The third-order valence-electron chi connectivity index (χ3n) is 3.15. The zero-order valence-electron chi connectivity index (χ0n) is 11.3. The maximum atomic E-state index is 12.3. The second kappa shape index (κ2) is 7.68. The van der Waals surface area contributed by atoms with Crippen molar-refractivity contribution in [3.63, 3.8) is 0 Å². The standard InChI is InChI=1S/C12H24ClNO3S/c1-11(2)17-8-9-18(15,16)14-7-5-3-4-6-12(14)10-13/h11-12H,3-10H2,1-2H3. The number of rotatable bonds is 6. The number of hydrogen-bond donors (Lipinski definition) is 0. The molecule has 108 valence electrons. The summed E-state index contributed by atoms with van der Waals surface area (Å²) in [6.07, 6.45) is 4.01. The van der Waals surface area contributed by atoms with Crippen molar-refractivity contribution in [3.05, 3.63) is 0 Å². The van der Waals surface area contributed by atoms with E-state index in [4.69, 9.17) is 16.3 Å². The van der Waals surface area contributed by atoms with Crippen LogP contribution in [0.15, 0.2) is 0 Å². The Kier molecular flexibility index (Phi) is 6.92. The average molecular weight is 298 g/mol. The monoisotopic (exact) mass is 297 g/mol. The molecule has 1 heterocycles. The molecule has 1 saturated heterocycles. The number of hydrogen-bond acceptors (Lipinski definition) is 3. The Hall–Kier alpha value is 0.160. The second-order valence-electron chi connectivity index (χ2n) is 5.00. The van der Waals surface area contributed by atoms with Crippen molar-refractivity contribution in [2.45, 2.75) is 51.7 Å². The molecule has 1 rings (SSSR count). The quantitative estimate of drug-likeness (QED) is 0.706. The number of ether oxygens (including phenoxy) is 1. The van der Waals surface area contributed by atoms with Crippen LogP contribution < -0.4 is 0 Å². The van der Waals surface area contributed by atoms with Crippen molar-refractivity contribution in [1.82, 2.24) is 4.31 Å². The normalized spacial score (nSPS) is 23.2. The van der Waals surface area contributed by atoms with Gasteiger partial charge in [-0.1, -0.05) is 12.8 Å². The van der Waals surface area contributed by atoms with Gasteiger partial charge in [-0.2, -0.15) is 4.31 Å². The summed E-state index contributed by atoms with van der Waals surface area (Å²) >= 11 is 5.90. The first-order valence-electron chi connectivity index (χ1n) is 6.64. The Bertz CT molecular complexity index is 332. The Labute approximate surface area is 116 Å². The summed E-state index contributed by atoms with van der Waals surface area (Å²) in [5, 5.41) is 0. The molecule has 1 aliphatic rings. The highest BCUT2D eigenvalue weighted by Gasteiger charge is 2.30. The number of nitrogens with zero attached hydrogens (tertiary/aromatic N) is 1. The van der Waals surface area contributed by atoms with E-state index in [1.165, 1.54) is 0 Å². The average Bonchev–Trinajstić information content (AvgIpc) is 2.53. The van der Waals surface area contributed by atoms with Gasteiger partial charge in [0.15, 0.2) is 0 Å². The molecule has 0 aromatic carbocycles. The molecule has 0 aromatic rings. The zero-order chi connectivity index (χ0) is 13.6. The largest absolute Gasteiger partial charge is 0.378 e. The summed E-state index contributed by atoms with van der Waals surface area (Å²) in [6.45, 7) is 4.66. The van der Waals surface area contributed by atoms with E-state index < -0.39 is 10.0 Å². The molecular formula is C12H24ClNO3S. The van der Waals surface area contributed by atoms with Gasteiger partial charge in [0, 0.05) is 18.5 Å². The minimum absolute atomic E-state index is 0.0433. The van der Waals surface area contributed by atoms with Gasteiger partial charge in [-0.05, 0) is 26.7 Å². The molecule has 1 aliphatic heterocycles. The first-order chi connectivity index (χ1) is 8.47. The SMILES string of the molecule is CC(C)OCCS(=O)(=O)N1CCCCCC1CCl. The zero-order valence-corrected chi connectivity index (χ0v) is 12.8. The summed E-state index contributed by atoms with van der Waals surface area (Å²) in [5.74, 6) is 0.433. The number of sulfonamides is 1. The summed E-state index contributed by atoms with van der Waals surface area (Å²) in [5.41, 5.74) is 0. The van der Waals surface area contributed by atoms with Crippen LogP contribution in [0.25, 0.3) is 0 Å². The Morgan fingerprint density at radius 2 is 2.06 bits per heavy atom. The van der Waals surface area contributed by atoms with Crippen LogP contribution in [-0.4, -0.2) is 49.7 Å². The third kappa shape index (κ3) is 5.03. The van der Waals surface area contributed by atoms with Gasteiger partial charge in [-0.25, -0.2) is 8.42 Å². The van der Waals surface area contributed by atoms with Gasteiger partial charge in [0.1, 0.15) is 0 Å². The molecule has 0 aromatic heterocycles. The molecule has 1 unspecified atom stereocenters. The van der Waals surface area contributed by atoms with Gasteiger partial charge in [-0.15, -0.1) is 11.6 Å². The molecule has 0 spiro atoms. The van der Waals surface area contributed by atoms with Gasteiger partial charge >= 0.3 is 0 Å². The van der Waals surface area contributed by atoms with Crippen molar-refractivity contribution >= 4 is 21.6 Å². The molecule has 0 aliphatic carbocycles. The Morgan fingerprint density at radius 1 is 1.33 bits per heavy atom. The maximum absolute atomic E-state index is 12.3. The molecule has 1 fully saturated rings. The van der Waals surface area contributed by atoms with E-state index in [0.717, 1.165) is 25.7 Å². The lowest BCUT2D eigenvalue weighted by atomic mass is 10.1. The predicted molar refractivity (Wildman–Crippen MR) is 74.6 cm³/mol. The highest BCUT2D eigenvalue weighted by molar-refractivity contribution is 7.89. The van der Waals surface area contributed by atoms with Crippen molar-refractivity contribution in [2.24, 2.45) is 0 Å². The molecule has 4 nitrogen and oxygen atoms in total. The van der Waals surface area contributed by atoms with Crippen LogP contribution >= 0.6 is 11.6 Å². The van der Waals surface area contributed by atoms with Gasteiger partial charge in [0.2, 0.25) is 10.0 Å². The molecule has 0 N–H and O–H groups in total. The third-order valence-corrected chi connectivity index (χ3v) is 5.39. The fraction of sp³-hybridized carbons (Fsp3) is 1.00. The minimum Gasteiger partial charge on any atom is -0.378 e. The summed E-state index contributed by atoms with van der Waals surface area (Å²) in [6, 6.07) is -0.0433. The van der Waals surface area contributed by atoms with E-state index in [-0.39, 0.29) is 24.5 Å². The summed E-state index contributed by atoms with van der Waals surface area (Å²) < 4.78 is 31.5. The minimum atomic E-state index is -3.24. The van der Waals surface area contributed by atoms with Crippen LogP contribution in [0.3, 0.4) is 0 Å².